The molecule has 0 aliphatic heterocycles. The van der Waals surface area contributed by atoms with Crippen LogP contribution in [0, 0.1) is 0 Å². The van der Waals surface area contributed by atoms with E-state index in [0.29, 0.717) is 6.42 Å². The molecule has 0 aliphatic rings. The highest BCUT2D eigenvalue weighted by Crippen LogP contribution is 2.18. The second kappa shape index (κ2) is 6.88. The lowest BCUT2D eigenvalue weighted by atomic mass is 10.0. The van der Waals surface area contributed by atoms with Gasteiger partial charge in [0.2, 0.25) is 0 Å². The largest absolute Gasteiger partial charge is 0.388 e. The van der Waals surface area contributed by atoms with E-state index < -0.39 is 12.2 Å². The molecule has 2 rings (SSSR count). The first-order chi connectivity index (χ1) is 9.27. The van der Waals surface area contributed by atoms with Crippen molar-refractivity contribution in [2.24, 2.45) is 0 Å². The molecule has 0 unspecified atom stereocenters. The second-order valence-corrected chi connectivity index (χ2v) is 4.45. The fourth-order valence-electron chi connectivity index (χ4n) is 1.91. The number of benzene rings is 2. The highest BCUT2D eigenvalue weighted by Gasteiger charge is 2.05. The van der Waals surface area contributed by atoms with Gasteiger partial charge in [-0.1, -0.05) is 72.8 Å². The molecule has 0 radical (unpaired) electrons. The minimum Gasteiger partial charge on any atom is -0.388 e. The highest BCUT2D eigenvalue weighted by atomic mass is 16.3. The Morgan fingerprint density at radius 3 is 1.89 bits per heavy atom. The van der Waals surface area contributed by atoms with Crippen LogP contribution < -0.4 is 0 Å². The Morgan fingerprint density at radius 1 is 0.789 bits per heavy atom. The molecule has 19 heavy (non-hydrogen) atoms. The van der Waals surface area contributed by atoms with Gasteiger partial charge < -0.3 is 10.2 Å². The van der Waals surface area contributed by atoms with Crippen molar-refractivity contribution in [1.29, 1.82) is 0 Å². The topological polar surface area (TPSA) is 40.5 Å². The zero-order valence-corrected chi connectivity index (χ0v) is 10.7. The van der Waals surface area contributed by atoms with Crippen LogP contribution in [-0.4, -0.2) is 10.2 Å². The molecule has 0 aliphatic carbocycles. The standard InChI is InChI=1S/C17H18O2/c18-16(14-8-3-1-4-9-14)12-7-13-17(19)15-10-5-2-6-11-15/h1-12,16-19H,13H2/b12-7-/t16-,17-/m0/s1. The normalized spacial score (nSPS) is 14.4. The molecule has 0 fully saturated rings. The van der Waals surface area contributed by atoms with Crippen LogP contribution in [0.2, 0.25) is 0 Å². The molecule has 2 aromatic carbocycles. The molecule has 0 spiro atoms. The van der Waals surface area contributed by atoms with Crippen molar-refractivity contribution in [2.45, 2.75) is 18.6 Å². The third-order valence-electron chi connectivity index (χ3n) is 3.00. The molecular weight excluding hydrogens is 236 g/mol. The van der Waals surface area contributed by atoms with Gasteiger partial charge in [-0.15, -0.1) is 0 Å². The molecule has 0 amide bonds. The molecule has 2 atom stereocenters. The van der Waals surface area contributed by atoms with Gasteiger partial charge in [0.25, 0.3) is 0 Å². The van der Waals surface area contributed by atoms with E-state index in [-0.39, 0.29) is 0 Å². The van der Waals surface area contributed by atoms with Crippen LogP contribution in [-0.2, 0) is 0 Å². The highest BCUT2D eigenvalue weighted by molar-refractivity contribution is 5.22. The van der Waals surface area contributed by atoms with Gasteiger partial charge in [-0.05, 0) is 17.5 Å². The molecule has 98 valence electrons. The van der Waals surface area contributed by atoms with Crippen LogP contribution in [0.5, 0.6) is 0 Å². The van der Waals surface area contributed by atoms with Crippen molar-refractivity contribution in [2.75, 3.05) is 0 Å². The number of rotatable bonds is 5. The maximum Gasteiger partial charge on any atom is 0.0971 e. The lowest BCUT2D eigenvalue weighted by Gasteiger charge is -2.09. The first-order valence-electron chi connectivity index (χ1n) is 6.40. The summed E-state index contributed by atoms with van der Waals surface area (Å²) in [5.41, 5.74) is 1.74. The summed E-state index contributed by atoms with van der Waals surface area (Å²) in [4.78, 5) is 0. The molecule has 0 saturated carbocycles. The summed E-state index contributed by atoms with van der Waals surface area (Å²) in [6.07, 6.45) is 2.87. The summed E-state index contributed by atoms with van der Waals surface area (Å²) >= 11 is 0. The number of hydrogen-bond acceptors (Lipinski definition) is 2. The van der Waals surface area contributed by atoms with Gasteiger partial charge in [0.1, 0.15) is 0 Å². The van der Waals surface area contributed by atoms with Crippen LogP contribution in [0.4, 0.5) is 0 Å². The van der Waals surface area contributed by atoms with Gasteiger partial charge in [0.05, 0.1) is 12.2 Å². The van der Waals surface area contributed by atoms with Gasteiger partial charge in [-0.25, -0.2) is 0 Å². The Hall–Kier alpha value is -1.90. The van der Waals surface area contributed by atoms with E-state index in [1.165, 1.54) is 0 Å². The van der Waals surface area contributed by atoms with Gasteiger partial charge >= 0.3 is 0 Å². The van der Waals surface area contributed by atoms with Crippen molar-refractivity contribution >= 4 is 0 Å². The average molecular weight is 254 g/mol. The number of hydrogen-bond donors (Lipinski definition) is 2. The second-order valence-electron chi connectivity index (χ2n) is 4.45. The fraction of sp³-hybridized carbons (Fsp3) is 0.176. The number of aliphatic hydroxyl groups excluding tert-OH is 2. The van der Waals surface area contributed by atoms with E-state index in [0.717, 1.165) is 11.1 Å². The molecule has 0 aromatic heterocycles. The average Bonchev–Trinajstić information content (AvgIpc) is 2.49. The molecule has 0 bridgehead atoms. The minimum atomic E-state index is -0.621. The molecule has 0 heterocycles. The predicted octanol–water partition coefficient (Wildman–Crippen LogP) is 3.40. The van der Waals surface area contributed by atoms with Crippen molar-refractivity contribution in [3.05, 3.63) is 83.9 Å². The van der Waals surface area contributed by atoms with E-state index in [2.05, 4.69) is 0 Å². The smallest absolute Gasteiger partial charge is 0.0971 e. The fourth-order valence-corrected chi connectivity index (χ4v) is 1.91. The Labute approximate surface area is 113 Å². The summed E-state index contributed by atoms with van der Waals surface area (Å²) in [5.74, 6) is 0. The van der Waals surface area contributed by atoms with Gasteiger partial charge in [0.15, 0.2) is 0 Å². The first-order valence-corrected chi connectivity index (χ1v) is 6.40. The maximum absolute atomic E-state index is 9.97. The van der Waals surface area contributed by atoms with Gasteiger partial charge in [-0.2, -0.15) is 0 Å². The predicted molar refractivity (Wildman–Crippen MR) is 76.6 cm³/mol. The molecule has 2 N–H and O–H groups in total. The van der Waals surface area contributed by atoms with E-state index in [9.17, 15) is 10.2 Å². The molecule has 2 aromatic rings. The quantitative estimate of drug-likeness (QED) is 0.803. The Kier molecular flexibility index (Phi) is 4.90. The van der Waals surface area contributed by atoms with Crippen LogP contribution >= 0.6 is 0 Å². The summed E-state index contributed by atoms with van der Waals surface area (Å²) < 4.78 is 0. The van der Waals surface area contributed by atoms with E-state index in [4.69, 9.17) is 0 Å². The van der Waals surface area contributed by atoms with Crippen molar-refractivity contribution in [3.63, 3.8) is 0 Å². The Morgan fingerprint density at radius 2 is 1.32 bits per heavy atom. The van der Waals surface area contributed by atoms with E-state index in [1.54, 1.807) is 6.08 Å². The minimum absolute atomic E-state index is 0.494. The SMILES string of the molecule is O[C@@H](/C=C\C[C@H](O)c1ccccc1)c1ccccc1. The molecular formula is C17H18O2. The lowest BCUT2D eigenvalue weighted by molar-refractivity contribution is 0.180. The zero-order valence-electron chi connectivity index (χ0n) is 10.7. The van der Waals surface area contributed by atoms with Crippen LogP contribution in [0.15, 0.2) is 72.8 Å². The molecule has 2 heteroatoms. The van der Waals surface area contributed by atoms with Crippen molar-refractivity contribution < 1.29 is 10.2 Å². The van der Waals surface area contributed by atoms with Crippen molar-refractivity contribution in [3.8, 4) is 0 Å². The van der Waals surface area contributed by atoms with E-state index >= 15 is 0 Å². The number of aliphatic hydroxyl groups is 2. The molecule has 0 saturated heterocycles. The Bertz CT molecular complexity index is 505. The summed E-state index contributed by atoms with van der Waals surface area (Å²) in [6.45, 7) is 0. The third kappa shape index (κ3) is 4.05. The zero-order chi connectivity index (χ0) is 13.5. The van der Waals surface area contributed by atoms with Gasteiger partial charge in [0, 0.05) is 0 Å². The van der Waals surface area contributed by atoms with Crippen molar-refractivity contribution in [1.82, 2.24) is 0 Å². The van der Waals surface area contributed by atoms with Gasteiger partial charge in [-0.3, -0.25) is 0 Å². The first kappa shape index (κ1) is 13.5. The van der Waals surface area contributed by atoms with Crippen LogP contribution in [0.1, 0.15) is 29.8 Å². The van der Waals surface area contributed by atoms with Crippen LogP contribution in [0.25, 0.3) is 0 Å². The van der Waals surface area contributed by atoms with Crippen LogP contribution in [0.3, 0.4) is 0 Å². The maximum atomic E-state index is 9.97. The van der Waals surface area contributed by atoms with E-state index in [1.807, 2.05) is 66.7 Å². The monoisotopic (exact) mass is 254 g/mol. The Balaban J connectivity index is 1.90. The summed E-state index contributed by atoms with van der Waals surface area (Å²) in [5, 5.41) is 19.9. The summed E-state index contributed by atoms with van der Waals surface area (Å²) in [7, 11) is 0. The lowest BCUT2D eigenvalue weighted by Crippen LogP contribution is -1.96. The molecule has 2 nitrogen and oxygen atoms in total. The summed E-state index contributed by atoms with van der Waals surface area (Å²) in [6, 6.07) is 19.0. The third-order valence-corrected chi connectivity index (χ3v) is 3.00.